The van der Waals surface area contributed by atoms with E-state index in [9.17, 15) is 9.59 Å². The fraction of sp³-hybridized carbons (Fsp3) is 0.400. The van der Waals surface area contributed by atoms with Crippen molar-refractivity contribution in [1.82, 2.24) is 0 Å². The van der Waals surface area contributed by atoms with Gasteiger partial charge in [0, 0.05) is 10.6 Å². The molecular formula is C15H16N2O3S. The van der Waals surface area contributed by atoms with Crippen molar-refractivity contribution >= 4 is 29.3 Å². The van der Waals surface area contributed by atoms with E-state index in [2.05, 4.69) is 5.32 Å². The highest BCUT2D eigenvalue weighted by atomic mass is 32.2. The molecule has 0 heterocycles. The van der Waals surface area contributed by atoms with Gasteiger partial charge in [-0.1, -0.05) is 6.92 Å². The number of carbonyl (C=O) groups excluding carboxylic acids is 2. The van der Waals surface area contributed by atoms with E-state index in [1.54, 1.807) is 12.1 Å². The lowest BCUT2D eigenvalue weighted by atomic mass is 10.2. The van der Waals surface area contributed by atoms with Crippen LogP contribution in [-0.4, -0.2) is 18.5 Å². The molecule has 1 N–H and O–H groups in total. The highest BCUT2D eigenvalue weighted by Gasteiger charge is 2.40. The molecule has 0 aromatic heterocycles. The minimum absolute atomic E-state index is 0.0400. The summed E-state index contributed by atoms with van der Waals surface area (Å²) in [5.41, 5.74) is 1.50. The fourth-order valence-electron chi connectivity index (χ4n) is 1.97. The number of nitrogens with one attached hydrogen (secondary N) is 1. The van der Waals surface area contributed by atoms with Crippen LogP contribution in [0.15, 0.2) is 23.1 Å². The number of ether oxygens (including phenoxy) is 1. The predicted molar refractivity (Wildman–Crippen MR) is 79.5 cm³/mol. The van der Waals surface area contributed by atoms with Gasteiger partial charge in [-0.05, 0) is 54.8 Å². The van der Waals surface area contributed by atoms with Crippen LogP contribution in [0.25, 0.3) is 0 Å². The first kappa shape index (κ1) is 15.4. The Kier molecular flexibility index (Phi) is 4.86. The molecule has 6 heteroatoms. The predicted octanol–water partition coefficient (Wildman–Crippen LogP) is 2.71. The van der Waals surface area contributed by atoms with Crippen LogP contribution in [0, 0.1) is 29.4 Å². The Morgan fingerprint density at radius 1 is 1.52 bits per heavy atom. The molecule has 0 spiro atoms. The molecule has 21 heavy (non-hydrogen) atoms. The molecule has 0 aliphatic heterocycles. The summed E-state index contributed by atoms with van der Waals surface area (Å²) in [6.45, 7) is 3.56. The second-order valence-electron chi connectivity index (χ2n) is 5.15. The van der Waals surface area contributed by atoms with E-state index in [-0.39, 0.29) is 24.4 Å². The van der Waals surface area contributed by atoms with Crippen molar-refractivity contribution < 1.29 is 14.3 Å². The quantitative estimate of drug-likeness (QED) is 0.514. The number of hydrogen-bond donors (Lipinski definition) is 1. The third kappa shape index (κ3) is 4.23. The van der Waals surface area contributed by atoms with Crippen molar-refractivity contribution in [2.45, 2.75) is 25.2 Å². The molecular weight excluding hydrogens is 288 g/mol. The van der Waals surface area contributed by atoms with E-state index in [0.29, 0.717) is 11.6 Å². The normalized spacial score (nSPS) is 19.5. The lowest BCUT2D eigenvalue weighted by Crippen LogP contribution is -2.22. The van der Waals surface area contributed by atoms with Gasteiger partial charge in [0.05, 0.1) is 5.92 Å². The molecule has 0 bridgehead atoms. The molecule has 1 aliphatic carbocycles. The number of benzene rings is 1. The van der Waals surface area contributed by atoms with Crippen LogP contribution in [0.1, 0.15) is 18.9 Å². The van der Waals surface area contributed by atoms with Gasteiger partial charge >= 0.3 is 5.97 Å². The second-order valence-corrected chi connectivity index (χ2v) is 6.00. The maximum Gasteiger partial charge on any atom is 0.309 e. The summed E-state index contributed by atoms with van der Waals surface area (Å²) in [7, 11) is 0. The van der Waals surface area contributed by atoms with Crippen molar-refractivity contribution in [1.29, 1.82) is 5.26 Å². The summed E-state index contributed by atoms with van der Waals surface area (Å²) in [4.78, 5) is 24.1. The Hall–Kier alpha value is -2.00. The molecule has 2 atom stereocenters. The standard InChI is InChI=1S/C15H16N2O3S/c1-9-6-12(9)15(19)20-7-14(18)17-13-4-3-11(21-8-16)5-10(13)2/h3-5,9,12H,6-7H2,1-2H3,(H,17,18)/t9-,12+/m1/s1. The summed E-state index contributed by atoms with van der Waals surface area (Å²) in [5, 5.41) is 13.3. The van der Waals surface area contributed by atoms with E-state index in [1.165, 1.54) is 0 Å². The second kappa shape index (κ2) is 6.64. The van der Waals surface area contributed by atoms with E-state index in [4.69, 9.17) is 10.00 Å². The number of carbonyl (C=O) groups is 2. The lowest BCUT2D eigenvalue weighted by molar-refractivity contribution is -0.148. The SMILES string of the molecule is Cc1cc(SC#N)ccc1NC(=O)COC(=O)[C@H]1C[C@H]1C. The molecule has 2 rings (SSSR count). The Labute approximate surface area is 127 Å². The topological polar surface area (TPSA) is 79.2 Å². The Morgan fingerprint density at radius 2 is 2.24 bits per heavy atom. The zero-order chi connectivity index (χ0) is 15.4. The highest BCUT2D eigenvalue weighted by Crippen LogP contribution is 2.38. The van der Waals surface area contributed by atoms with Gasteiger partial charge in [-0.15, -0.1) is 0 Å². The summed E-state index contributed by atoms with van der Waals surface area (Å²) < 4.78 is 4.97. The third-order valence-electron chi connectivity index (χ3n) is 3.39. The van der Waals surface area contributed by atoms with Gasteiger partial charge in [-0.25, -0.2) is 0 Å². The number of esters is 1. The summed E-state index contributed by atoms with van der Waals surface area (Å²) in [6, 6.07) is 5.31. The first-order valence-corrected chi connectivity index (χ1v) is 7.46. The minimum Gasteiger partial charge on any atom is -0.455 e. The average Bonchev–Trinajstić information content (AvgIpc) is 3.17. The number of aryl methyl sites for hydroxylation is 1. The number of amides is 1. The van der Waals surface area contributed by atoms with Crippen molar-refractivity contribution in [2.24, 2.45) is 11.8 Å². The Balaban J connectivity index is 1.85. The van der Waals surface area contributed by atoms with Gasteiger partial charge in [0.2, 0.25) is 0 Å². The van der Waals surface area contributed by atoms with Crippen LogP contribution in [0.2, 0.25) is 0 Å². The van der Waals surface area contributed by atoms with Crippen LogP contribution in [0.5, 0.6) is 0 Å². The van der Waals surface area contributed by atoms with E-state index in [1.807, 2.05) is 25.3 Å². The van der Waals surface area contributed by atoms with Crippen LogP contribution in [-0.2, 0) is 14.3 Å². The Bertz CT molecular complexity index is 609. The summed E-state index contributed by atoms with van der Waals surface area (Å²) in [5.74, 6) is -0.328. The number of anilines is 1. The lowest BCUT2D eigenvalue weighted by Gasteiger charge is -2.09. The summed E-state index contributed by atoms with van der Waals surface area (Å²) >= 11 is 1.07. The number of thioether (sulfide) groups is 1. The molecule has 1 aliphatic rings. The van der Waals surface area contributed by atoms with E-state index >= 15 is 0 Å². The van der Waals surface area contributed by atoms with Crippen LogP contribution >= 0.6 is 11.8 Å². The number of nitriles is 1. The van der Waals surface area contributed by atoms with Crippen molar-refractivity contribution in [2.75, 3.05) is 11.9 Å². The van der Waals surface area contributed by atoms with Crippen LogP contribution in [0.3, 0.4) is 0 Å². The molecule has 0 saturated heterocycles. The maximum atomic E-state index is 11.8. The molecule has 110 valence electrons. The minimum atomic E-state index is -0.361. The molecule has 1 amide bonds. The fourth-order valence-corrected chi connectivity index (χ4v) is 2.45. The third-order valence-corrected chi connectivity index (χ3v) is 3.97. The molecule has 1 aromatic rings. The molecule has 0 unspecified atom stereocenters. The number of rotatable bonds is 5. The molecule has 0 radical (unpaired) electrons. The molecule has 1 aromatic carbocycles. The molecule has 5 nitrogen and oxygen atoms in total. The average molecular weight is 304 g/mol. The number of thiocyanates is 1. The number of nitrogens with zero attached hydrogens (tertiary/aromatic N) is 1. The van der Waals surface area contributed by atoms with Gasteiger partial charge in [-0.2, -0.15) is 5.26 Å². The van der Waals surface area contributed by atoms with Gasteiger partial charge in [0.25, 0.3) is 5.91 Å². The van der Waals surface area contributed by atoms with Crippen molar-refractivity contribution in [3.05, 3.63) is 23.8 Å². The van der Waals surface area contributed by atoms with Crippen LogP contribution in [0.4, 0.5) is 5.69 Å². The highest BCUT2D eigenvalue weighted by molar-refractivity contribution is 8.03. The maximum absolute atomic E-state index is 11.8. The summed E-state index contributed by atoms with van der Waals surface area (Å²) in [6.07, 6.45) is 0.845. The van der Waals surface area contributed by atoms with Gasteiger partial charge < -0.3 is 10.1 Å². The monoisotopic (exact) mass is 304 g/mol. The first-order chi connectivity index (χ1) is 10.0. The molecule has 1 saturated carbocycles. The van der Waals surface area contributed by atoms with Gasteiger partial charge in [-0.3, -0.25) is 9.59 Å². The van der Waals surface area contributed by atoms with E-state index < -0.39 is 0 Å². The van der Waals surface area contributed by atoms with Crippen LogP contribution < -0.4 is 5.32 Å². The zero-order valence-corrected chi connectivity index (χ0v) is 12.7. The van der Waals surface area contributed by atoms with Gasteiger partial charge in [0.15, 0.2) is 6.61 Å². The van der Waals surface area contributed by atoms with Crippen molar-refractivity contribution in [3.63, 3.8) is 0 Å². The zero-order valence-electron chi connectivity index (χ0n) is 11.9. The van der Waals surface area contributed by atoms with E-state index in [0.717, 1.165) is 28.6 Å². The smallest absolute Gasteiger partial charge is 0.309 e. The van der Waals surface area contributed by atoms with Gasteiger partial charge in [0.1, 0.15) is 5.40 Å². The number of hydrogen-bond acceptors (Lipinski definition) is 5. The largest absolute Gasteiger partial charge is 0.455 e. The molecule has 1 fully saturated rings. The van der Waals surface area contributed by atoms with Crippen molar-refractivity contribution in [3.8, 4) is 5.40 Å². The Morgan fingerprint density at radius 3 is 2.81 bits per heavy atom. The first-order valence-electron chi connectivity index (χ1n) is 6.64.